The zero-order valence-electron chi connectivity index (χ0n) is 14.8. The van der Waals surface area contributed by atoms with Crippen LogP contribution in [0.5, 0.6) is 0 Å². The van der Waals surface area contributed by atoms with Crippen molar-refractivity contribution in [2.24, 2.45) is 0 Å². The van der Waals surface area contributed by atoms with E-state index in [0.717, 1.165) is 0 Å². The van der Waals surface area contributed by atoms with Crippen molar-refractivity contribution in [3.8, 4) is 0 Å². The minimum absolute atomic E-state index is 0.0935. The first-order valence-corrected chi connectivity index (χ1v) is 9.66. The number of rotatable bonds is 3. The molecule has 2 N–H and O–H groups in total. The van der Waals surface area contributed by atoms with E-state index in [1.54, 1.807) is 31.2 Å². The van der Waals surface area contributed by atoms with E-state index >= 15 is 0 Å². The fourth-order valence-corrected chi connectivity index (χ4v) is 3.85. The number of aliphatic hydroxyl groups is 1. The van der Waals surface area contributed by atoms with Crippen LogP contribution in [0.4, 0.5) is 14.9 Å². The lowest BCUT2D eigenvalue weighted by atomic mass is 9.97. The fraction of sp³-hybridized carbons (Fsp3) is 0.200. The van der Waals surface area contributed by atoms with E-state index in [-0.39, 0.29) is 12.2 Å². The molecule has 2 atom stereocenters. The Labute approximate surface area is 174 Å². The number of nitrogens with zero attached hydrogens (tertiary/aromatic N) is 1. The predicted octanol–water partition coefficient (Wildman–Crippen LogP) is 5.36. The van der Waals surface area contributed by atoms with Gasteiger partial charge in [-0.3, -0.25) is 9.69 Å². The first-order valence-electron chi connectivity index (χ1n) is 8.49. The minimum atomic E-state index is -0.810. The SMILES string of the molecule is C[C@@H](O)c1cc(NC(=O)N2C=CC(=O)C[C@H]2c2ccc(F)cc2)c(Br)cc1Cl. The molecule has 28 heavy (non-hydrogen) atoms. The first-order chi connectivity index (χ1) is 13.3. The molecule has 0 saturated carbocycles. The summed E-state index contributed by atoms with van der Waals surface area (Å²) in [4.78, 5) is 26.2. The molecule has 0 fully saturated rings. The number of carbonyl (C=O) groups is 2. The summed E-state index contributed by atoms with van der Waals surface area (Å²) >= 11 is 9.47. The molecule has 146 valence electrons. The van der Waals surface area contributed by atoms with Gasteiger partial charge in [0.25, 0.3) is 0 Å². The summed E-state index contributed by atoms with van der Waals surface area (Å²) in [5.74, 6) is -0.518. The van der Waals surface area contributed by atoms with Crippen molar-refractivity contribution < 1.29 is 19.1 Å². The van der Waals surface area contributed by atoms with Crippen LogP contribution >= 0.6 is 27.5 Å². The molecule has 0 saturated heterocycles. The van der Waals surface area contributed by atoms with Crippen molar-refractivity contribution >= 4 is 45.0 Å². The second kappa shape index (κ2) is 8.43. The molecule has 1 heterocycles. The highest BCUT2D eigenvalue weighted by atomic mass is 79.9. The van der Waals surface area contributed by atoms with Gasteiger partial charge in [0.1, 0.15) is 5.82 Å². The molecule has 0 spiro atoms. The molecule has 3 rings (SSSR count). The number of amides is 2. The number of nitrogens with one attached hydrogen (secondary N) is 1. The van der Waals surface area contributed by atoms with E-state index in [4.69, 9.17) is 11.6 Å². The van der Waals surface area contributed by atoms with Gasteiger partial charge in [-0.2, -0.15) is 0 Å². The smallest absolute Gasteiger partial charge is 0.326 e. The summed E-state index contributed by atoms with van der Waals surface area (Å²) in [7, 11) is 0. The monoisotopic (exact) mass is 466 g/mol. The molecule has 8 heteroatoms. The molecule has 0 unspecified atom stereocenters. The van der Waals surface area contributed by atoms with Gasteiger partial charge in [-0.05, 0) is 58.8 Å². The van der Waals surface area contributed by atoms with Crippen molar-refractivity contribution in [3.63, 3.8) is 0 Å². The van der Waals surface area contributed by atoms with Gasteiger partial charge in [-0.1, -0.05) is 23.7 Å². The molecule has 0 aromatic heterocycles. The number of hydrogen-bond donors (Lipinski definition) is 2. The maximum atomic E-state index is 13.2. The van der Waals surface area contributed by atoms with E-state index in [2.05, 4.69) is 21.2 Å². The van der Waals surface area contributed by atoms with E-state index in [1.165, 1.54) is 29.3 Å². The molecule has 0 aliphatic carbocycles. The summed E-state index contributed by atoms with van der Waals surface area (Å²) in [6, 6.07) is 7.83. The Morgan fingerprint density at radius 3 is 2.68 bits per heavy atom. The zero-order valence-corrected chi connectivity index (χ0v) is 17.2. The summed E-state index contributed by atoms with van der Waals surface area (Å²) in [5.41, 5.74) is 1.54. The van der Waals surface area contributed by atoms with Gasteiger partial charge in [0.05, 0.1) is 17.8 Å². The number of allylic oxidation sites excluding steroid dienone is 1. The summed E-state index contributed by atoms with van der Waals surface area (Å²) in [6.07, 6.45) is 2.03. The van der Waals surface area contributed by atoms with E-state index in [1.807, 2.05) is 0 Å². The lowest BCUT2D eigenvalue weighted by molar-refractivity contribution is -0.116. The maximum absolute atomic E-state index is 13.2. The highest BCUT2D eigenvalue weighted by molar-refractivity contribution is 9.10. The van der Waals surface area contributed by atoms with Crippen LogP contribution in [0, 0.1) is 5.82 Å². The number of halogens is 3. The standard InChI is InChI=1S/C20H17BrClFN2O3/c1-11(26)15-9-18(16(21)10-17(15)22)24-20(28)25-7-6-14(27)8-19(25)12-2-4-13(23)5-3-12/h2-7,9-11,19,26H,8H2,1H3,(H,24,28)/t11-,19+/m1/s1. The fourth-order valence-electron chi connectivity index (χ4n) is 2.96. The highest BCUT2D eigenvalue weighted by Crippen LogP contribution is 2.34. The molecule has 0 radical (unpaired) electrons. The van der Waals surface area contributed by atoms with Crippen LogP contribution in [0.25, 0.3) is 0 Å². The molecule has 0 bridgehead atoms. The Morgan fingerprint density at radius 2 is 2.04 bits per heavy atom. The lowest BCUT2D eigenvalue weighted by Crippen LogP contribution is -2.37. The Balaban J connectivity index is 1.89. The second-order valence-electron chi connectivity index (χ2n) is 6.42. The molecular weight excluding hydrogens is 451 g/mol. The Hall–Kier alpha value is -2.22. The number of anilines is 1. The lowest BCUT2D eigenvalue weighted by Gasteiger charge is -2.31. The molecule has 1 aliphatic rings. The first kappa shape index (κ1) is 20.5. The molecule has 2 aromatic rings. The summed E-state index contributed by atoms with van der Waals surface area (Å²) in [5, 5.41) is 13.0. The van der Waals surface area contributed by atoms with Crippen LogP contribution in [0.2, 0.25) is 5.02 Å². The maximum Gasteiger partial charge on any atom is 0.326 e. The van der Waals surface area contributed by atoms with Crippen molar-refractivity contribution in [1.29, 1.82) is 0 Å². The molecule has 1 aliphatic heterocycles. The van der Waals surface area contributed by atoms with Gasteiger partial charge in [0.2, 0.25) is 0 Å². The summed E-state index contributed by atoms with van der Waals surface area (Å²) in [6.45, 7) is 1.57. The molecule has 2 aromatic carbocycles. The number of aliphatic hydroxyl groups excluding tert-OH is 1. The van der Waals surface area contributed by atoms with Gasteiger partial charge in [-0.25, -0.2) is 9.18 Å². The van der Waals surface area contributed by atoms with Gasteiger partial charge < -0.3 is 10.4 Å². The second-order valence-corrected chi connectivity index (χ2v) is 7.68. The number of carbonyl (C=O) groups excluding carboxylic acids is 2. The van der Waals surface area contributed by atoms with Crippen molar-refractivity contribution in [2.75, 3.05) is 5.32 Å². The van der Waals surface area contributed by atoms with Crippen molar-refractivity contribution in [3.05, 3.63) is 75.1 Å². The van der Waals surface area contributed by atoms with E-state index in [0.29, 0.717) is 26.3 Å². The Morgan fingerprint density at radius 1 is 1.36 bits per heavy atom. The van der Waals surface area contributed by atoms with Crippen LogP contribution in [-0.2, 0) is 4.79 Å². The van der Waals surface area contributed by atoms with Crippen LogP contribution in [0.3, 0.4) is 0 Å². The third-order valence-electron chi connectivity index (χ3n) is 4.42. The number of hydrogen-bond acceptors (Lipinski definition) is 3. The van der Waals surface area contributed by atoms with Crippen LogP contribution < -0.4 is 5.32 Å². The number of ketones is 1. The third-order valence-corrected chi connectivity index (χ3v) is 5.40. The average molecular weight is 468 g/mol. The van der Waals surface area contributed by atoms with Crippen LogP contribution in [-0.4, -0.2) is 21.8 Å². The van der Waals surface area contributed by atoms with Crippen molar-refractivity contribution in [1.82, 2.24) is 4.90 Å². The zero-order chi connectivity index (χ0) is 20.4. The number of urea groups is 1. The largest absolute Gasteiger partial charge is 0.389 e. The Bertz CT molecular complexity index is 947. The van der Waals surface area contributed by atoms with Crippen LogP contribution in [0.15, 0.2) is 53.1 Å². The van der Waals surface area contributed by atoms with E-state index in [9.17, 15) is 19.1 Å². The Kier molecular flexibility index (Phi) is 6.17. The van der Waals surface area contributed by atoms with Crippen LogP contribution in [0.1, 0.15) is 36.6 Å². The van der Waals surface area contributed by atoms with Gasteiger partial charge >= 0.3 is 6.03 Å². The minimum Gasteiger partial charge on any atom is -0.389 e. The third kappa shape index (κ3) is 4.43. The quantitative estimate of drug-likeness (QED) is 0.639. The highest BCUT2D eigenvalue weighted by Gasteiger charge is 2.29. The number of benzene rings is 2. The molecular formula is C20H17BrClFN2O3. The van der Waals surface area contributed by atoms with Gasteiger partial charge in [0.15, 0.2) is 5.78 Å². The van der Waals surface area contributed by atoms with Crippen molar-refractivity contribution in [2.45, 2.75) is 25.5 Å². The normalized spacial score (nSPS) is 17.5. The molecule has 2 amide bonds. The predicted molar refractivity (Wildman–Crippen MR) is 109 cm³/mol. The molecule has 5 nitrogen and oxygen atoms in total. The van der Waals surface area contributed by atoms with Gasteiger partial charge in [0, 0.05) is 27.7 Å². The average Bonchev–Trinajstić information content (AvgIpc) is 2.64. The van der Waals surface area contributed by atoms with E-state index < -0.39 is 24.0 Å². The summed E-state index contributed by atoms with van der Waals surface area (Å²) < 4.78 is 13.8. The van der Waals surface area contributed by atoms with Gasteiger partial charge in [-0.15, -0.1) is 0 Å². The topological polar surface area (TPSA) is 69.6 Å².